The topological polar surface area (TPSA) is 27.6 Å². The smallest absolute Gasteiger partial charge is 0.116 e. The number of nitrogens with one attached hydrogen (secondary N) is 1. The first-order valence-corrected chi connectivity index (χ1v) is 6.86. The molecule has 1 aromatic carbocycles. The summed E-state index contributed by atoms with van der Waals surface area (Å²) >= 11 is 0. The van der Waals surface area contributed by atoms with Gasteiger partial charge in [-0.3, -0.25) is 4.99 Å². The van der Waals surface area contributed by atoms with Gasteiger partial charge in [0.15, 0.2) is 0 Å². The number of hydrogen-bond acceptors (Lipinski definition) is 3. The second-order valence-electron chi connectivity index (χ2n) is 5.33. The van der Waals surface area contributed by atoms with Crippen molar-refractivity contribution in [1.82, 2.24) is 5.32 Å². The molecule has 1 N–H and O–H groups in total. The zero-order valence-corrected chi connectivity index (χ0v) is 11.2. The highest BCUT2D eigenvalue weighted by molar-refractivity contribution is 5.88. The molecule has 0 bridgehead atoms. The van der Waals surface area contributed by atoms with Crippen molar-refractivity contribution in [3.05, 3.63) is 29.3 Å². The molecule has 0 atom stereocenters. The van der Waals surface area contributed by atoms with E-state index in [4.69, 9.17) is 0 Å². The summed E-state index contributed by atoms with van der Waals surface area (Å²) in [4.78, 5) is 7.05. The summed E-state index contributed by atoms with van der Waals surface area (Å²) < 4.78 is 0. The molecule has 1 fully saturated rings. The zero-order valence-electron chi connectivity index (χ0n) is 11.2. The van der Waals surface area contributed by atoms with Gasteiger partial charge in [0.25, 0.3) is 0 Å². The Morgan fingerprint density at radius 3 is 2.83 bits per heavy atom. The first-order valence-electron chi connectivity index (χ1n) is 6.86. The Hall–Kier alpha value is -1.51. The first-order chi connectivity index (χ1) is 8.75. The maximum atomic E-state index is 4.53. The van der Waals surface area contributed by atoms with Gasteiger partial charge in [0.05, 0.1) is 13.1 Å². The molecule has 3 nitrogen and oxygen atoms in total. The van der Waals surface area contributed by atoms with Crippen LogP contribution in [0.1, 0.15) is 24.0 Å². The minimum atomic E-state index is 0.718. The minimum Gasteiger partial charge on any atom is -0.370 e. The van der Waals surface area contributed by atoms with Crippen LogP contribution in [0.15, 0.2) is 23.2 Å². The lowest BCUT2D eigenvalue weighted by atomic mass is 10.1. The van der Waals surface area contributed by atoms with Crippen molar-refractivity contribution in [3.63, 3.8) is 0 Å². The third-order valence-corrected chi connectivity index (χ3v) is 3.94. The van der Waals surface area contributed by atoms with E-state index in [1.807, 2.05) is 0 Å². The molecule has 3 heteroatoms. The Morgan fingerprint density at radius 2 is 2.17 bits per heavy atom. The third-order valence-electron chi connectivity index (χ3n) is 3.94. The molecule has 1 aliphatic carbocycles. The van der Waals surface area contributed by atoms with Crippen LogP contribution in [0.25, 0.3) is 0 Å². The summed E-state index contributed by atoms with van der Waals surface area (Å²) in [6, 6.07) is 7.32. The number of aryl methyl sites for hydroxylation is 1. The van der Waals surface area contributed by atoms with Crippen LogP contribution >= 0.6 is 0 Å². The van der Waals surface area contributed by atoms with Gasteiger partial charge in [0.2, 0.25) is 0 Å². The van der Waals surface area contributed by atoms with Gasteiger partial charge in [0, 0.05) is 18.3 Å². The number of benzene rings is 1. The molecule has 1 saturated carbocycles. The molecular weight excluding hydrogens is 222 g/mol. The molecule has 1 aromatic rings. The Kier molecular flexibility index (Phi) is 2.98. The summed E-state index contributed by atoms with van der Waals surface area (Å²) in [6.07, 6.45) is 2.64. The molecule has 1 aliphatic heterocycles. The van der Waals surface area contributed by atoms with Crippen molar-refractivity contribution >= 4 is 11.5 Å². The lowest BCUT2D eigenvalue weighted by Crippen LogP contribution is -2.37. The number of hydrogen-bond donors (Lipinski definition) is 1. The second-order valence-corrected chi connectivity index (χ2v) is 5.33. The molecule has 1 heterocycles. The summed E-state index contributed by atoms with van der Waals surface area (Å²) in [5.74, 6) is 1.16. The van der Waals surface area contributed by atoms with Gasteiger partial charge in [-0.15, -0.1) is 0 Å². The molecule has 0 aromatic heterocycles. The Morgan fingerprint density at radius 1 is 1.33 bits per heavy atom. The predicted octanol–water partition coefficient (Wildman–Crippen LogP) is 2.27. The second kappa shape index (κ2) is 4.63. The number of rotatable bonds is 4. The highest BCUT2D eigenvalue weighted by atomic mass is 15.2. The van der Waals surface area contributed by atoms with Crippen molar-refractivity contribution in [2.24, 2.45) is 4.99 Å². The number of nitrogens with zero attached hydrogens (tertiary/aromatic N) is 2. The standard InChI is InChI=1S/C15H21N3/c1-11-4-3-5-14(12(11)2)18(13-6-7-13)10-15-16-8-9-17-15/h3-5,13H,6-10H2,1-2H3,(H,16,17). The maximum Gasteiger partial charge on any atom is 0.116 e. The zero-order chi connectivity index (χ0) is 12.5. The molecule has 96 valence electrons. The van der Waals surface area contributed by atoms with Crippen molar-refractivity contribution in [1.29, 1.82) is 0 Å². The fraction of sp³-hybridized carbons (Fsp3) is 0.533. The molecule has 0 saturated heterocycles. The molecule has 0 radical (unpaired) electrons. The molecule has 2 aliphatic rings. The van der Waals surface area contributed by atoms with E-state index < -0.39 is 0 Å². The molecular formula is C15H21N3. The molecule has 0 spiro atoms. The average molecular weight is 243 g/mol. The largest absolute Gasteiger partial charge is 0.370 e. The quantitative estimate of drug-likeness (QED) is 0.878. The van der Waals surface area contributed by atoms with Gasteiger partial charge in [-0.2, -0.15) is 0 Å². The summed E-state index contributed by atoms with van der Waals surface area (Å²) in [7, 11) is 0. The van der Waals surface area contributed by atoms with E-state index in [1.54, 1.807) is 0 Å². The van der Waals surface area contributed by atoms with E-state index in [1.165, 1.54) is 29.7 Å². The molecule has 3 rings (SSSR count). The van der Waals surface area contributed by atoms with Crippen molar-refractivity contribution in [3.8, 4) is 0 Å². The van der Waals surface area contributed by atoms with E-state index in [2.05, 4.69) is 47.3 Å². The fourth-order valence-electron chi connectivity index (χ4n) is 2.56. The van der Waals surface area contributed by atoms with Gasteiger partial charge in [0.1, 0.15) is 5.84 Å². The predicted molar refractivity (Wildman–Crippen MR) is 76.6 cm³/mol. The highest BCUT2D eigenvalue weighted by Gasteiger charge is 2.31. The lowest BCUT2D eigenvalue weighted by Gasteiger charge is -2.27. The van der Waals surface area contributed by atoms with Crippen molar-refractivity contribution in [2.75, 3.05) is 24.5 Å². The number of amidine groups is 1. The maximum absolute atomic E-state index is 4.53. The van der Waals surface area contributed by atoms with Crippen LogP contribution in [0.5, 0.6) is 0 Å². The van der Waals surface area contributed by atoms with Crippen LogP contribution in [0.3, 0.4) is 0 Å². The molecule has 18 heavy (non-hydrogen) atoms. The van der Waals surface area contributed by atoms with Crippen LogP contribution in [0.4, 0.5) is 5.69 Å². The van der Waals surface area contributed by atoms with E-state index in [9.17, 15) is 0 Å². The minimum absolute atomic E-state index is 0.718. The van der Waals surface area contributed by atoms with Crippen molar-refractivity contribution < 1.29 is 0 Å². The van der Waals surface area contributed by atoms with Crippen molar-refractivity contribution in [2.45, 2.75) is 32.7 Å². The van der Waals surface area contributed by atoms with Gasteiger partial charge in [-0.05, 0) is 43.9 Å². The van der Waals surface area contributed by atoms with E-state index in [-0.39, 0.29) is 0 Å². The number of aliphatic imine (C=N–C) groups is 1. The summed E-state index contributed by atoms with van der Waals surface area (Å²) in [5, 5.41) is 3.38. The number of anilines is 1. The molecule has 0 amide bonds. The first kappa shape index (κ1) is 11.6. The monoisotopic (exact) mass is 243 g/mol. The Labute approximate surface area is 109 Å². The third kappa shape index (κ3) is 2.22. The normalized spacial score (nSPS) is 18.4. The SMILES string of the molecule is Cc1cccc(N(CC2=NCCN2)C2CC2)c1C. The van der Waals surface area contributed by atoms with E-state index in [0.29, 0.717) is 0 Å². The van der Waals surface area contributed by atoms with E-state index >= 15 is 0 Å². The average Bonchev–Trinajstić information content (AvgIpc) is 3.08. The summed E-state index contributed by atoms with van der Waals surface area (Å²) in [5.41, 5.74) is 4.16. The fourth-order valence-corrected chi connectivity index (χ4v) is 2.56. The summed E-state index contributed by atoms with van der Waals surface area (Å²) in [6.45, 7) is 7.29. The van der Waals surface area contributed by atoms with Gasteiger partial charge in [-0.25, -0.2) is 0 Å². The Balaban J connectivity index is 1.86. The van der Waals surface area contributed by atoms with Crippen LogP contribution < -0.4 is 10.2 Å². The van der Waals surface area contributed by atoms with Crippen LogP contribution in [-0.4, -0.2) is 31.5 Å². The van der Waals surface area contributed by atoms with E-state index in [0.717, 1.165) is 31.5 Å². The molecule has 0 unspecified atom stereocenters. The van der Waals surface area contributed by atoms with Gasteiger partial charge in [-0.1, -0.05) is 12.1 Å². The lowest BCUT2D eigenvalue weighted by molar-refractivity contribution is 0.855. The van der Waals surface area contributed by atoms with Crippen LogP contribution in [0.2, 0.25) is 0 Å². The van der Waals surface area contributed by atoms with Crippen LogP contribution in [-0.2, 0) is 0 Å². The van der Waals surface area contributed by atoms with Crippen LogP contribution in [0, 0.1) is 13.8 Å². The van der Waals surface area contributed by atoms with Gasteiger partial charge >= 0.3 is 0 Å². The highest BCUT2D eigenvalue weighted by Crippen LogP contribution is 2.34. The van der Waals surface area contributed by atoms with Gasteiger partial charge < -0.3 is 10.2 Å². The Bertz CT molecular complexity index is 475.